The zero-order chi connectivity index (χ0) is 8.43. The predicted octanol–water partition coefficient (Wildman–Crippen LogP) is -1.26. The quantitative estimate of drug-likeness (QED) is 0.450. The van der Waals surface area contributed by atoms with E-state index in [9.17, 15) is 10.2 Å². The summed E-state index contributed by atoms with van der Waals surface area (Å²) in [7, 11) is 0. The maximum Gasteiger partial charge on any atom is 0.107 e. The second-order valence-electron chi connectivity index (χ2n) is 2.97. The van der Waals surface area contributed by atoms with Crippen LogP contribution in [0.2, 0.25) is 0 Å². The van der Waals surface area contributed by atoms with Gasteiger partial charge in [-0.1, -0.05) is 6.92 Å². The molecule has 4 heteroatoms. The van der Waals surface area contributed by atoms with Crippen LogP contribution in [0.25, 0.3) is 0 Å². The highest BCUT2D eigenvalue weighted by Crippen LogP contribution is 2.20. The molecule has 11 heavy (non-hydrogen) atoms. The van der Waals surface area contributed by atoms with Gasteiger partial charge in [-0.25, -0.2) is 0 Å². The molecule has 4 atom stereocenters. The van der Waals surface area contributed by atoms with E-state index in [2.05, 4.69) is 0 Å². The lowest BCUT2D eigenvalue weighted by molar-refractivity contribution is -0.165. The van der Waals surface area contributed by atoms with Gasteiger partial charge in [0.25, 0.3) is 0 Å². The predicted molar refractivity (Wildman–Crippen MR) is 38.0 cm³/mol. The molecular formula is C7H14O4. The lowest BCUT2D eigenvalue weighted by Crippen LogP contribution is -2.49. The fraction of sp³-hybridized carbons (Fsp3) is 1.00. The molecule has 0 aromatic rings. The Hall–Kier alpha value is -0.160. The van der Waals surface area contributed by atoms with Gasteiger partial charge in [-0.3, -0.25) is 0 Å². The van der Waals surface area contributed by atoms with Crippen LogP contribution in [0.5, 0.6) is 0 Å². The van der Waals surface area contributed by atoms with E-state index in [4.69, 9.17) is 9.84 Å². The fourth-order valence-electron chi connectivity index (χ4n) is 1.20. The molecule has 1 saturated heterocycles. The molecule has 1 aliphatic heterocycles. The molecule has 0 spiro atoms. The summed E-state index contributed by atoms with van der Waals surface area (Å²) in [5, 5.41) is 27.3. The zero-order valence-electron chi connectivity index (χ0n) is 6.47. The number of aliphatic hydroxyl groups is 3. The van der Waals surface area contributed by atoms with E-state index in [1.54, 1.807) is 6.92 Å². The van der Waals surface area contributed by atoms with E-state index in [0.29, 0.717) is 0 Å². The minimum atomic E-state index is -0.760. The Morgan fingerprint density at radius 2 is 2.09 bits per heavy atom. The maximum absolute atomic E-state index is 9.36. The van der Waals surface area contributed by atoms with Crippen LogP contribution in [-0.4, -0.2) is 46.8 Å². The SMILES string of the molecule is CC1C(O)COC(CO)[C@@H]1O. The number of ether oxygens (including phenoxy) is 1. The van der Waals surface area contributed by atoms with Crippen molar-refractivity contribution in [1.82, 2.24) is 0 Å². The maximum atomic E-state index is 9.36. The molecule has 0 saturated carbocycles. The van der Waals surface area contributed by atoms with Crippen molar-refractivity contribution in [2.45, 2.75) is 25.2 Å². The minimum absolute atomic E-state index is 0.196. The first-order valence-electron chi connectivity index (χ1n) is 3.75. The summed E-state index contributed by atoms with van der Waals surface area (Å²) in [5.41, 5.74) is 0. The average molecular weight is 162 g/mol. The highest BCUT2D eigenvalue weighted by molar-refractivity contribution is 4.83. The van der Waals surface area contributed by atoms with Gasteiger partial charge in [-0.15, -0.1) is 0 Å². The Balaban J connectivity index is 2.52. The van der Waals surface area contributed by atoms with Crippen molar-refractivity contribution < 1.29 is 20.1 Å². The van der Waals surface area contributed by atoms with Crippen molar-refractivity contribution in [3.63, 3.8) is 0 Å². The van der Waals surface area contributed by atoms with E-state index in [1.165, 1.54) is 0 Å². The first kappa shape index (κ1) is 8.93. The van der Waals surface area contributed by atoms with E-state index < -0.39 is 18.3 Å². The average Bonchev–Trinajstić information content (AvgIpc) is 2.01. The van der Waals surface area contributed by atoms with Crippen LogP contribution >= 0.6 is 0 Å². The van der Waals surface area contributed by atoms with Crippen LogP contribution < -0.4 is 0 Å². The first-order valence-corrected chi connectivity index (χ1v) is 3.75. The standard InChI is InChI=1S/C7H14O4/c1-4-5(9)3-11-6(2-8)7(4)10/h4-10H,2-3H2,1H3/t4?,5?,6?,7-/m1/s1. The van der Waals surface area contributed by atoms with Crippen molar-refractivity contribution in [3.05, 3.63) is 0 Å². The normalized spacial score (nSPS) is 45.8. The fourth-order valence-corrected chi connectivity index (χ4v) is 1.20. The topological polar surface area (TPSA) is 69.9 Å². The lowest BCUT2D eigenvalue weighted by Gasteiger charge is -2.35. The van der Waals surface area contributed by atoms with Gasteiger partial charge in [0.1, 0.15) is 6.10 Å². The molecule has 1 heterocycles. The monoisotopic (exact) mass is 162 g/mol. The Labute approximate surface area is 65.4 Å². The largest absolute Gasteiger partial charge is 0.394 e. The molecule has 1 aliphatic rings. The second kappa shape index (κ2) is 3.49. The summed E-state index contributed by atoms with van der Waals surface area (Å²) in [6.07, 6.45) is -1.91. The molecule has 0 bridgehead atoms. The Morgan fingerprint density at radius 1 is 1.45 bits per heavy atom. The zero-order valence-corrected chi connectivity index (χ0v) is 6.47. The van der Waals surface area contributed by atoms with E-state index in [0.717, 1.165) is 0 Å². The summed E-state index contributed by atoms with van der Waals surface area (Å²) in [5.74, 6) is -0.221. The molecule has 66 valence electrons. The van der Waals surface area contributed by atoms with Crippen molar-refractivity contribution in [3.8, 4) is 0 Å². The third-order valence-electron chi connectivity index (χ3n) is 2.19. The molecular weight excluding hydrogens is 148 g/mol. The van der Waals surface area contributed by atoms with Crippen molar-refractivity contribution >= 4 is 0 Å². The van der Waals surface area contributed by atoms with E-state index >= 15 is 0 Å². The van der Waals surface area contributed by atoms with Gasteiger partial charge >= 0.3 is 0 Å². The number of hydrogen-bond donors (Lipinski definition) is 3. The summed E-state index contributed by atoms with van der Waals surface area (Å²) in [6, 6.07) is 0. The molecule has 0 aromatic heterocycles. The highest BCUT2D eigenvalue weighted by Gasteiger charge is 2.34. The van der Waals surface area contributed by atoms with Crippen LogP contribution in [0, 0.1) is 5.92 Å². The Morgan fingerprint density at radius 3 is 2.64 bits per heavy atom. The second-order valence-corrected chi connectivity index (χ2v) is 2.97. The molecule has 4 nitrogen and oxygen atoms in total. The molecule has 1 fully saturated rings. The minimum Gasteiger partial charge on any atom is -0.394 e. The van der Waals surface area contributed by atoms with Gasteiger partial charge in [0.05, 0.1) is 25.4 Å². The Kier molecular flexibility index (Phi) is 2.84. The van der Waals surface area contributed by atoms with Gasteiger partial charge in [0.2, 0.25) is 0 Å². The van der Waals surface area contributed by atoms with Crippen LogP contribution in [-0.2, 0) is 4.74 Å². The van der Waals surface area contributed by atoms with Crippen LogP contribution in [0.4, 0.5) is 0 Å². The van der Waals surface area contributed by atoms with Gasteiger partial charge in [0.15, 0.2) is 0 Å². The Bertz CT molecular complexity index is 126. The summed E-state index contributed by atoms with van der Waals surface area (Å²) >= 11 is 0. The van der Waals surface area contributed by atoms with Crippen LogP contribution in [0.1, 0.15) is 6.92 Å². The highest BCUT2D eigenvalue weighted by atomic mass is 16.5. The molecule has 0 aromatic carbocycles. The van der Waals surface area contributed by atoms with Crippen molar-refractivity contribution in [2.75, 3.05) is 13.2 Å². The molecule has 3 unspecified atom stereocenters. The molecule has 0 aliphatic carbocycles. The number of hydrogen-bond acceptors (Lipinski definition) is 4. The summed E-state index contributed by atoms with van der Waals surface area (Å²) < 4.78 is 4.97. The molecule has 0 radical (unpaired) electrons. The van der Waals surface area contributed by atoms with Crippen LogP contribution in [0.3, 0.4) is 0 Å². The van der Waals surface area contributed by atoms with Crippen molar-refractivity contribution in [1.29, 1.82) is 0 Å². The van der Waals surface area contributed by atoms with Crippen LogP contribution in [0.15, 0.2) is 0 Å². The molecule has 3 N–H and O–H groups in total. The van der Waals surface area contributed by atoms with Gasteiger partial charge in [-0.2, -0.15) is 0 Å². The van der Waals surface area contributed by atoms with E-state index in [-0.39, 0.29) is 19.1 Å². The summed E-state index contributed by atoms with van der Waals surface area (Å²) in [6.45, 7) is 1.74. The van der Waals surface area contributed by atoms with E-state index in [1.807, 2.05) is 0 Å². The third-order valence-corrected chi connectivity index (χ3v) is 2.19. The smallest absolute Gasteiger partial charge is 0.107 e. The number of rotatable bonds is 1. The molecule has 1 rings (SSSR count). The number of aliphatic hydroxyl groups excluding tert-OH is 3. The van der Waals surface area contributed by atoms with Gasteiger partial charge < -0.3 is 20.1 Å². The first-order chi connectivity index (χ1) is 5.16. The van der Waals surface area contributed by atoms with Gasteiger partial charge in [0, 0.05) is 5.92 Å². The van der Waals surface area contributed by atoms with Gasteiger partial charge in [-0.05, 0) is 0 Å². The molecule has 0 amide bonds. The van der Waals surface area contributed by atoms with Crippen molar-refractivity contribution in [2.24, 2.45) is 5.92 Å². The lowest BCUT2D eigenvalue weighted by atomic mass is 9.92. The third kappa shape index (κ3) is 1.70. The summed E-state index contributed by atoms with van der Waals surface area (Å²) in [4.78, 5) is 0.